The SMILES string of the molecule is O=C(NCc1ccncc1)Nc1ccc(NS(=O)(=O)Cc2ccccc2Cl)cc1. The van der Waals surface area contributed by atoms with E-state index in [1.807, 2.05) is 12.1 Å². The molecule has 1 heterocycles. The molecule has 1 aromatic heterocycles. The zero-order chi connectivity index (χ0) is 20.7. The maximum absolute atomic E-state index is 12.4. The maximum atomic E-state index is 12.4. The Balaban J connectivity index is 1.54. The number of amides is 2. The molecule has 0 aliphatic heterocycles. The smallest absolute Gasteiger partial charge is 0.319 e. The summed E-state index contributed by atoms with van der Waals surface area (Å²) < 4.78 is 27.2. The van der Waals surface area contributed by atoms with E-state index in [9.17, 15) is 13.2 Å². The standard InChI is InChI=1S/C20H19ClN4O3S/c21-19-4-2-1-3-16(19)14-29(27,28)25-18-7-5-17(6-8-18)24-20(26)23-13-15-9-11-22-12-10-15/h1-12,25H,13-14H2,(H2,23,24,26). The summed E-state index contributed by atoms with van der Waals surface area (Å²) in [6, 6.07) is 16.4. The second-order valence-corrected chi connectivity index (χ2v) is 8.32. The monoisotopic (exact) mass is 430 g/mol. The fourth-order valence-corrected chi connectivity index (χ4v) is 4.03. The van der Waals surface area contributed by atoms with Gasteiger partial charge < -0.3 is 10.6 Å². The molecule has 3 rings (SSSR count). The van der Waals surface area contributed by atoms with Gasteiger partial charge in [0.05, 0.1) is 5.75 Å². The van der Waals surface area contributed by atoms with E-state index in [0.29, 0.717) is 28.5 Å². The van der Waals surface area contributed by atoms with Gasteiger partial charge in [-0.15, -0.1) is 0 Å². The van der Waals surface area contributed by atoms with Gasteiger partial charge in [-0.25, -0.2) is 13.2 Å². The number of nitrogens with zero attached hydrogens (tertiary/aromatic N) is 1. The number of urea groups is 1. The van der Waals surface area contributed by atoms with Gasteiger partial charge in [0.25, 0.3) is 0 Å². The largest absolute Gasteiger partial charge is 0.334 e. The number of pyridine rings is 1. The molecular weight excluding hydrogens is 412 g/mol. The van der Waals surface area contributed by atoms with Crippen molar-refractivity contribution in [2.75, 3.05) is 10.0 Å². The molecule has 0 saturated heterocycles. The average Bonchev–Trinajstić information content (AvgIpc) is 2.70. The van der Waals surface area contributed by atoms with Crippen molar-refractivity contribution in [1.29, 1.82) is 0 Å². The fourth-order valence-electron chi connectivity index (χ4n) is 2.52. The van der Waals surface area contributed by atoms with Gasteiger partial charge >= 0.3 is 6.03 Å². The van der Waals surface area contributed by atoms with Gasteiger partial charge in [0, 0.05) is 35.3 Å². The Kier molecular flexibility index (Phi) is 6.69. The van der Waals surface area contributed by atoms with Crippen molar-refractivity contribution in [3.8, 4) is 0 Å². The van der Waals surface area contributed by atoms with Gasteiger partial charge in [0.15, 0.2) is 0 Å². The summed E-state index contributed by atoms with van der Waals surface area (Å²) >= 11 is 6.03. The van der Waals surface area contributed by atoms with Crippen LogP contribution in [0.5, 0.6) is 0 Å². The third-order valence-electron chi connectivity index (χ3n) is 3.92. The summed E-state index contributed by atoms with van der Waals surface area (Å²) in [4.78, 5) is 15.9. The molecule has 0 spiro atoms. The molecule has 7 nitrogen and oxygen atoms in total. The lowest BCUT2D eigenvalue weighted by atomic mass is 10.2. The molecular formula is C20H19ClN4O3S. The van der Waals surface area contributed by atoms with Crippen LogP contribution in [0.3, 0.4) is 0 Å². The molecule has 2 amide bonds. The molecule has 3 N–H and O–H groups in total. The lowest BCUT2D eigenvalue weighted by Crippen LogP contribution is -2.28. The number of carbonyl (C=O) groups is 1. The number of sulfonamides is 1. The van der Waals surface area contributed by atoms with E-state index >= 15 is 0 Å². The Morgan fingerprint density at radius 3 is 2.28 bits per heavy atom. The number of carbonyl (C=O) groups excluding carboxylic acids is 1. The van der Waals surface area contributed by atoms with E-state index in [1.54, 1.807) is 60.9 Å². The number of nitrogens with one attached hydrogen (secondary N) is 3. The Labute approximate surface area is 174 Å². The molecule has 150 valence electrons. The van der Waals surface area contributed by atoms with Crippen molar-refractivity contribution in [2.45, 2.75) is 12.3 Å². The molecule has 2 aromatic carbocycles. The van der Waals surface area contributed by atoms with Crippen LogP contribution in [-0.2, 0) is 22.3 Å². The topological polar surface area (TPSA) is 100 Å². The van der Waals surface area contributed by atoms with Gasteiger partial charge in [0.2, 0.25) is 10.0 Å². The van der Waals surface area contributed by atoms with Gasteiger partial charge in [0.1, 0.15) is 0 Å². The van der Waals surface area contributed by atoms with E-state index in [-0.39, 0.29) is 11.8 Å². The third kappa shape index (κ3) is 6.48. The highest BCUT2D eigenvalue weighted by atomic mass is 35.5. The number of aromatic nitrogens is 1. The maximum Gasteiger partial charge on any atom is 0.319 e. The fraction of sp³-hybridized carbons (Fsp3) is 0.100. The van der Waals surface area contributed by atoms with E-state index < -0.39 is 10.0 Å². The van der Waals surface area contributed by atoms with Gasteiger partial charge in [-0.05, 0) is 53.6 Å². The van der Waals surface area contributed by atoms with E-state index in [0.717, 1.165) is 5.56 Å². The molecule has 9 heteroatoms. The molecule has 0 radical (unpaired) electrons. The first-order chi connectivity index (χ1) is 13.9. The summed E-state index contributed by atoms with van der Waals surface area (Å²) in [6.07, 6.45) is 3.31. The van der Waals surface area contributed by atoms with E-state index in [2.05, 4.69) is 20.3 Å². The molecule has 0 bridgehead atoms. The number of hydrogen-bond acceptors (Lipinski definition) is 4. The first kappa shape index (κ1) is 20.6. The second kappa shape index (κ2) is 9.40. The predicted molar refractivity (Wildman–Crippen MR) is 114 cm³/mol. The van der Waals surface area contributed by atoms with Crippen LogP contribution in [-0.4, -0.2) is 19.4 Å². The zero-order valence-electron chi connectivity index (χ0n) is 15.3. The van der Waals surface area contributed by atoms with Gasteiger partial charge in [-0.1, -0.05) is 29.8 Å². The van der Waals surface area contributed by atoms with Crippen molar-refractivity contribution in [1.82, 2.24) is 10.3 Å². The molecule has 0 saturated carbocycles. The minimum Gasteiger partial charge on any atom is -0.334 e. The van der Waals surface area contributed by atoms with Crippen LogP contribution in [0.2, 0.25) is 5.02 Å². The van der Waals surface area contributed by atoms with E-state index in [4.69, 9.17) is 11.6 Å². The first-order valence-corrected chi connectivity index (χ1v) is 10.7. The minimum absolute atomic E-state index is 0.232. The summed E-state index contributed by atoms with van der Waals surface area (Å²) in [5, 5.41) is 5.82. The lowest BCUT2D eigenvalue weighted by molar-refractivity contribution is 0.251. The molecule has 0 unspecified atom stereocenters. The zero-order valence-corrected chi connectivity index (χ0v) is 16.9. The number of anilines is 2. The summed E-state index contributed by atoms with van der Waals surface area (Å²) in [7, 11) is -3.62. The molecule has 3 aromatic rings. The van der Waals surface area contributed by atoms with Crippen molar-refractivity contribution in [3.05, 3.63) is 89.2 Å². The average molecular weight is 431 g/mol. The second-order valence-electron chi connectivity index (χ2n) is 6.19. The van der Waals surface area contributed by atoms with Crippen LogP contribution in [0.4, 0.5) is 16.2 Å². The minimum atomic E-state index is -3.62. The molecule has 0 atom stereocenters. The van der Waals surface area contributed by atoms with Crippen LogP contribution >= 0.6 is 11.6 Å². The molecule has 0 aliphatic carbocycles. The molecule has 0 fully saturated rings. The Bertz CT molecular complexity index is 1070. The van der Waals surface area contributed by atoms with Crippen LogP contribution in [0, 0.1) is 0 Å². The normalized spacial score (nSPS) is 10.9. The Morgan fingerprint density at radius 1 is 0.931 bits per heavy atom. The van der Waals surface area contributed by atoms with E-state index in [1.165, 1.54) is 0 Å². The van der Waals surface area contributed by atoms with Crippen LogP contribution in [0.25, 0.3) is 0 Å². The van der Waals surface area contributed by atoms with Gasteiger partial charge in [-0.3, -0.25) is 9.71 Å². The molecule has 0 aliphatic rings. The van der Waals surface area contributed by atoms with Crippen LogP contribution in [0.1, 0.15) is 11.1 Å². The van der Waals surface area contributed by atoms with Crippen molar-refractivity contribution in [3.63, 3.8) is 0 Å². The van der Waals surface area contributed by atoms with Crippen LogP contribution in [0.15, 0.2) is 73.1 Å². The third-order valence-corrected chi connectivity index (χ3v) is 5.53. The highest BCUT2D eigenvalue weighted by molar-refractivity contribution is 7.91. The Hall–Kier alpha value is -3.10. The first-order valence-electron chi connectivity index (χ1n) is 8.69. The van der Waals surface area contributed by atoms with Gasteiger partial charge in [-0.2, -0.15) is 0 Å². The van der Waals surface area contributed by atoms with Crippen molar-refractivity contribution >= 4 is 39.0 Å². The number of rotatable bonds is 7. The summed E-state index contributed by atoms with van der Waals surface area (Å²) in [5.74, 6) is -0.232. The summed E-state index contributed by atoms with van der Waals surface area (Å²) in [6.45, 7) is 0.369. The molecule has 29 heavy (non-hydrogen) atoms. The quantitative estimate of drug-likeness (QED) is 0.527. The number of halogens is 1. The number of hydrogen-bond donors (Lipinski definition) is 3. The summed E-state index contributed by atoms with van der Waals surface area (Å²) in [5.41, 5.74) is 2.37. The predicted octanol–water partition coefficient (Wildman–Crippen LogP) is 4.00. The van der Waals surface area contributed by atoms with Crippen molar-refractivity contribution in [2.24, 2.45) is 0 Å². The lowest BCUT2D eigenvalue weighted by Gasteiger charge is -2.11. The Morgan fingerprint density at radius 2 is 1.59 bits per heavy atom. The van der Waals surface area contributed by atoms with Crippen LogP contribution < -0.4 is 15.4 Å². The van der Waals surface area contributed by atoms with Crippen molar-refractivity contribution < 1.29 is 13.2 Å². The highest BCUT2D eigenvalue weighted by Crippen LogP contribution is 2.20. The highest BCUT2D eigenvalue weighted by Gasteiger charge is 2.14. The number of benzene rings is 2.